The normalized spacial score (nSPS) is 14.0. The average Bonchev–Trinajstić information content (AvgIpc) is 2.35. The van der Waals surface area contributed by atoms with Gasteiger partial charge >= 0.3 is 0 Å². The van der Waals surface area contributed by atoms with Crippen molar-refractivity contribution in [1.29, 1.82) is 0 Å². The second kappa shape index (κ2) is 3.79. The average molecular weight is 226 g/mol. The first-order valence-corrected chi connectivity index (χ1v) is 5.68. The van der Waals surface area contributed by atoms with Crippen LogP contribution >= 0.6 is 0 Å². The lowest BCUT2D eigenvalue weighted by Gasteiger charge is -2.24. The number of anilines is 2. The molecule has 1 aliphatic rings. The van der Waals surface area contributed by atoms with Crippen LogP contribution in [0.2, 0.25) is 0 Å². The lowest BCUT2D eigenvalue weighted by Crippen LogP contribution is -2.11. The third kappa shape index (κ3) is 1.65. The van der Waals surface area contributed by atoms with Crippen molar-refractivity contribution in [2.75, 3.05) is 5.32 Å². The zero-order valence-electron chi connectivity index (χ0n) is 9.60. The van der Waals surface area contributed by atoms with E-state index >= 15 is 0 Å². The van der Waals surface area contributed by atoms with E-state index in [-0.39, 0.29) is 6.04 Å². The number of nitrogens with two attached hydrogens (primary N) is 1. The highest BCUT2D eigenvalue weighted by atomic mass is 16.5. The molecular weight excluding hydrogens is 212 g/mol. The molecule has 2 aromatic rings. The lowest BCUT2D eigenvalue weighted by atomic mass is 10.0. The summed E-state index contributed by atoms with van der Waals surface area (Å²) >= 11 is 0. The van der Waals surface area contributed by atoms with Gasteiger partial charge in [0, 0.05) is 6.04 Å². The fourth-order valence-electron chi connectivity index (χ4n) is 2.06. The van der Waals surface area contributed by atoms with Gasteiger partial charge in [-0.15, -0.1) is 0 Å². The molecule has 3 nitrogen and oxygen atoms in total. The number of nitrogens with one attached hydrogen (secondary N) is 1. The van der Waals surface area contributed by atoms with Gasteiger partial charge < -0.3 is 15.8 Å². The highest BCUT2D eigenvalue weighted by molar-refractivity contribution is 5.78. The smallest absolute Gasteiger partial charge is 0.151 e. The molecule has 0 amide bonds. The van der Waals surface area contributed by atoms with E-state index in [2.05, 4.69) is 5.32 Å². The van der Waals surface area contributed by atoms with Crippen LogP contribution in [-0.4, -0.2) is 0 Å². The molecule has 1 aliphatic heterocycles. The largest absolute Gasteiger partial charge is 0.453 e. The van der Waals surface area contributed by atoms with Gasteiger partial charge in [-0.3, -0.25) is 0 Å². The number of benzene rings is 2. The third-order valence-corrected chi connectivity index (χ3v) is 2.92. The second-order valence-corrected chi connectivity index (χ2v) is 4.23. The first-order chi connectivity index (χ1) is 8.25. The summed E-state index contributed by atoms with van der Waals surface area (Å²) in [7, 11) is 0. The van der Waals surface area contributed by atoms with Crippen LogP contribution in [0.1, 0.15) is 18.5 Å². The van der Waals surface area contributed by atoms with Gasteiger partial charge in [0.15, 0.2) is 11.5 Å². The molecule has 0 saturated heterocycles. The number of fused-ring (bicyclic) bond motifs is 2. The zero-order valence-corrected chi connectivity index (χ0v) is 9.60. The summed E-state index contributed by atoms with van der Waals surface area (Å²) in [4.78, 5) is 0. The summed E-state index contributed by atoms with van der Waals surface area (Å²) in [5, 5.41) is 3.39. The molecule has 0 bridgehead atoms. The predicted molar refractivity (Wildman–Crippen MR) is 68.8 cm³/mol. The molecule has 2 aromatic carbocycles. The molecule has 0 fully saturated rings. The van der Waals surface area contributed by atoms with Gasteiger partial charge in [-0.05, 0) is 30.7 Å². The van der Waals surface area contributed by atoms with Crippen molar-refractivity contribution >= 4 is 11.4 Å². The summed E-state index contributed by atoms with van der Waals surface area (Å²) in [5.74, 6) is 1.68. The summed E-state index contributed by atoms with van der Waals surface area (Å²) in [6.45, 7) is 1.97. The predicted octanol–water partition coefficient (Wildman–Crippen LogP) is 3.56. The van der Waals surface area contributed by atoms with E-state index in [0.29, 0.717) is 0 Å². The van der Waals surface area contributed by atoms with Crippen molar-refractivity contribution in [1.82, 2.24) is 0 Å². The van der Waals surface area contributed by atoms with E-state index in [1.807, 2.05) is 49.4 Å². The Morgan fingerprint density at radius 2 is 1.82 bits per heavy atom. The molecule has 3 rings (SSSR count). The van der Waals surface area contributed by atoms with Crippen LogP contribution in [0.5, 0.6) is 11.5 Å². The van der Waals surface area contributed by atoms with Crippen molar-refractivity contribution in [2.45, 2.75) is 13.0 Å². The van der Waals surface area contributed by atoms with Crippen molar-refractivity contribution in [3.05, 3.63) is 48.0 Å². The number of para-hydroxylation sites is 3. The van der Waals surface area contributed by atoms with E-state index in [4.69, 9.17) is 10.5 Å². The zero-order chi connectivity index (χ0) is 11.8. The van der Waals surface area contributed by atoms with Crippen LogP contribution in [-0.2, 0) is 0 Å². The highest BCUT2D eigenvalue weighted by Gasteiger charge is 2.19. The van der Waals surface area contributed by atoms with Crippen molar-refractivity contribution < 1.29 is 4.74 Å². The summed E-state index contributed by atoms with van der Waals surface area (Å²) < 4.78 is 5.85. The van der Waals surface area contributed by atoms with Crippen LogP contribution in [0.25, 0.3) is 0 Å². The maximum Gasteiger partial charge on any atom is 0.151 e. The molecule has 3 heteroatoms. The second-order valence-electron chi connectivity index (χ2n) is 4.23. The minimum Gasteiger partial charge on any atom is -0.453 e. The van der Waals surface area contributed by atoms with Crippen LogP contribution in [0.4, 0.5) is 11.4 Å². The standard InChI is InChI=1S/C14H14N2O/c1-9(15)10-5-4-8-13-14(10)16-11-6-2-3-7-12(11)17-13/h2-9,16H,15H2,1H3. The molecule has 1 heterocycles. The summed E-state index contributed by atoms with van der Waals surface area (Å²) in [6.07, 6.45) is 0. The van der Waals surface area contributed by atoms with E-state index in [0.717, 1.165) is 28.4 Å². The Labute approximate surface area is 100 Å². The number of rotatable bonds is 1. The van der Waals surface area contributed by atoms with Crippen LogP contribution in [0.3, 0.4) is 0 Å². The molecule has 0 saturated carbocycles. The summed E-state index contributed by atoms with van der Waals surface area (Å²) in [6, 6.07) is 13.8. The van der Waals surface area contributed by atoms with E-state index in [1.54, 1.807) is 0 Å². The van der Waals surface area contributed by atoms with Gasteiger partial charge in [0.25, 0.3) is 0 Å². The fourth-order valence-corrected chi connectivity index (χ4v) is 2.06. The number of ether oxygens (including phenoxy) is 1. The minimum absolute atomic E-state index is 0.0219. The first-order valence-electron chi connectivity index (χ1n) is 5.68. The SMILES string of the molecule is CC(N)c1cccc2c1Nc1ccccc1O2. The van der Waals surface area contributed by atoms with E-state index in [9.17, 15) is 0 Å². The monoisotopic (exact) mass is 226 g/mol. The molecule has 1 atom stereocenters. The Morgan fingerprint density at radius 1 is 1.06 bits per heavy atom. The van der Waals surface area contributed by atoms with Crippen LogP contribution < -0.4 is 15.8 Å². The Hall–Kier alpha value is -2.00. The van der Waals surface area contributed by atoms with E-state index < -0.39 is 0 Å². The molecule has 1 unspecified atom stereocenters. The minimum atomic E-state index is -0.0219. The van der Waals surface area contributed by atoms with Crippen molar-refractivity contribution in [3.8, 4) is 11.5 Å². The van der Waals surface area contributed by atoms with Gasteiger partial charge in [-0.25, -0.2) is 0 Å². The topological polar surface area (TPSA) is 47.3 Å². The number of hydrogen-bond acceptors (Lipinski definition) is 3. The van der Waals surface area contributed by atoms with Gasteiger partial charge in [0.05, 0.1) is 11.4 Å². The first kappa shape index (κ1) is 10.2. The van der Waals surface area contributed by atoms with Crippen LogP contribution in [0.15, 0.2) is 42.5 Å². The van der Waals surface area contributed by atoms with Gasteiger partial charge in [0.1, 0.15) is 0 Å². The van der Waals surface area contributed by atoms with Gasteiger partial charge in [0.2, 0.25) is 0 Å². The highest BCUT2D eigenvalue weighted by Crippen LogP contribution is 2.44. The molecule has 86 valence electrons. The molecule has 0 radical (unpaired) electrons. The van der Waals surface area contributed by atoms with Gasteiger partial charge in [-0.1, -0.05) is 24.3 Å². The Kier molecular flexibility index (Phi) is 2.27. The number of hydrogen-bond donors (Lipinski definition) is 2. The van der Waals surface area contributed by atoms with Crippen molar-refractivity contribution in [3.63, 3.8) is 0 Å². The van der Waals surface area contributed by atoms with Gasteiger partial charge in [-0.2, -0.15) is 0 Å². The van der Waals surface area contributed by atoms with Crippen molar-refractivity contribution in [2.24, 2.45) is 5.73 Å². The Morgan fingerprint density at radius 3 is 2.65 bits per heavy atom. The molecule has 17 heavy (non-hydrogen) atoms. The Bertz CT molecular complexity index is 564. The molecule has 0 aliphatic carbocycles. The van der Waals surface area contributed by atoms with Crippen LogP contribution in [0, 0.1) is 0 Å². The molecule has 0 spiro atoms. The molecular formula is C14H14N2O. The third-order valence-electron chi connectivity index (χ3n) is 2.92. The maximum absolute atomic E-state index is 5.96. The van der Waals surface area contributed by atoms with E-state index in [1.165, 1.54) is 0 Å². The Balaban J connectivity index is 2.12. The fraction of sp³-hybridized carbons (Fsp3) is 0.143. The maximum atomic E-state index is 5.96. The lowest BCUT2D eigenvalue weighted by molar-refractivity contribution is 0.480. The molecule has 0 aromatic heterocycles. The molecule has 3 N–H and O–H groups in total. The summed E-state index contributed by atoms with van der Waals surface area (Å²) in [5.41, 5.74) is 8.98. The quantitative estimate of drug-likeness (QED) is 0.667.